The maximum absolute atomic E-state index is 11.9. The average Bonchev–Trinajstić information content (AvgIpc) is 2.45. The highest BCUT2D eigenvalue weighted by molar-refractivity contribution is 6.31. The molecule has 2 aromatic carbocycles. The Hall–Kier alpha value is -2.91. The third kappa shape index (κ3) is 4.54. The molecule has 0 unspecified atom stereocenters. The Morgan fingerprint density at radius 2 is 1.17 bits per heavy atom. The smallest absolute Gasteiger partial charge is 0.307 e. The molecule has 2 amide bonds. The molecule has 11 heteroatoms. The summed E-state index contributed by atoms with van der Waals surface area (Å²) in [7, 11) is 0. The zero-order valence-corrected chi connectivity index (χ0v) is 13.2. The number of hydrogen-bond donors (Lipinski definition) is 2. The van der Waals surface area contributed by atoms with Crippen molar-refractivity contribution in [2.24, 2.45) is 0 Å². The molecule has 2 rings (SSSR count). The van der Waals surface area contributed by atoms with Crippen LogP contribution in [-0.4, -0.2) is 15.9 Å². The lowest BCUT2D eigenvalue weighted by Crippen LogP contribution is -2.19. The second-order valence-electron chi connectivity index (χ2n) is 4.49. The third-order valence-electron chi connectivity index (χ3n) is 2.70. The van der Waals surface area contributed by atoms with Gasteiger partial charge in [0.1, 0.15) is 0 Å². The number of hydrogen-bond acceptors (Lipinski definition) is 5. The van der Waals surface area contributed by atoms with Gasteiger partial charge in [0.2, 0.25) is 0 Å². The van der Waals surface area contributed by atoms with Crippen LogP contribution in [0.1, 0.15) is 0 Å². The monoisotopic (exact) mass is 370 g/mol. The van der Waals surface area contributed by atoms with Gasteiger partial charge in [0.05, 0.1) is 21.2 Å². The Bertz CT molecular complexity index is 776. The molecule has 2 aromatic rings. The van der Waals surface area contributed by atoms with Crippen molar-refractivity contribution in [2.75, 3.05) is 10.6 Å². The molecule has 0 bridgehead atoms. The number of nitro groups is 2. The lowest BCUT2D eigenvalue weighted by Gasteiger charge is -2.08. The molecule has 24 heavy (non-hydrogen) atoms. The summed E-state index contributed by atoms with van der Waals surface area (Å²) in [6.45, 7) is 0. The minimum Gasteiger partial charge on any atom is -0.307 e. The summed E-state index contributed by atoms with van der Waals surface area (Å²) < 4.78 is 0. The van der Waals surface area contributed by atoms with Crippen LogP contribution in [0.4, 0.5) is 27.5 Å². The first kappa shape index (κ1) is 17.4. The molecule has 9 nitrogen and oxygen atoms in total. The van der Waals surface area contributed by atoms with Crippen LogP contribution in [0.2, 0.25) is 10.0 Å². The second kappa shape index (κ2) is 7.11. The minimum absolute atomic E-state index is 0.0675. The molecule has 0 heterocycles. The predicted molar refractivity (Wildman–Crippen MR) is 88.9 cm³/mol. The highest BCUT2D eigenvalue weighted by Gasteiger charge is 2.13. The zero-order valence-electron chi connectivity index (χ0n) is 11.7. The minimum atomic E-state index is -0.775. The molecule has 0 saturated heterocycles. The quantitative estimate of drug-likeness (QED) is 0.606. The van der Waals surface area contributed by atoms with E-state index in [1.54, 1.807) is 0 Å². The molecule has 0 spiro atoms. The summed E-state index contributed by atoms with van der Waals surface area (Å²) in [5.74, 6) is 0. The Morgan fingerprint density at radius 3 is 1.50 bits per heavy atom. The van der Waals surface area contributed by atoms with Gasteiger partial charge in [-0.15, -0.1) is 0 Å². The summed E-state index contributed by atoms with van der Waals surface area (Å²) in [5.41, 5.74) is -0.418. The van der Waals surface area contributed by atoms with Crippen molar-refractivity contribution >= 4 is 52.0 Å². The van der Waals surface area contributed by atoms with Crippen molar-refractivity contribution in [3.63, 3.8) is 0 Å². The molecule has 0 aliphatic rings. The number of carbonyl (C=O) groups is 1. The van der Waals surface area contributed by atoms with Gasteiger partial charge in [0.25, 0.3) is 11.4 Å². The van der Waals surface area contributed by atoms with Crippen LogP contribution in [0, 0.1) is 20.2 Å². The number of halogens is 2. The van der Waals surface area contributed by atoms with Crippen LogP contribution in [0.5, 0.6) is 0 Å². The molecule has 0 saturated carbocycles. The molecule has 0 aliphatic heterocycles. The number of rotatable bonds is 4. The van der Waals surface area contributed by atoms with Gasteiger partial charge in [-0.3, -0.25) is 20.2 Å². The molecule has 0 aromatic heterocycles. The van der Waals surface area contributed by atoms with Gasteiger partial charge in [-0.1, -0.05) is 23.2 Å². The summed E-state index contributed by atoms with van der Waals surface area (Å²) in [6.07, 6.45) is 0. The number of benzene rings is 2. The van der Waals surface area contributed by atoms with Gasteiger partial charge in [0, 0.05) is 34.3 Å². The SMILES string of the molecule is O=C(Nc1cc(Cl)cc([N+](=O)[O-])c1)Nc1cc(Cl)cc([N+](=O)[O-])c1. The van der Waals surface area contributed by atoms with Crippen molar-refractivity contribution in [1.82, 2.24) is 0 Å². The van der Waals surface area contributed by atoms with Gasteiger partial charge < -0.3 is 10.6 Å². The summed E-state index contributed by atoms with van der Waals surface area (Å²) in [4.78, 5) is 32.1. The van der Waals surface area contributed by atoms with Gasteiger partial charge >= 0.3 is 6.03 Å². The van der Waals surface area contributed by atoms with E-state index in [0.29, 0.717) is 0 Å². The Balaban J connectivity index is 2.17. The summed E-state index contributed by atoms with van der Waals surface area (Å²) in [6, 6.07) is 6.35. The Kier molecular flexibility index (Phi) is 5.17. The first-order chi connectivity index (χ1) is 11.2. The average molecular weight is 371 g/mol. The highest BCUT2D eigenvalue weighted by Crippen LogP contribution is 2.26. The van der Waals surface area contributed by atoms with E-state index in [1.807, 2.05) is 0 Å². The number of amides is 2. The summed E-state index contributed by atoms with van der Waals surface area (Å²) in [5, 5.41) is 26.3. The summed E-state index contributed by atoms with van der Waals surface area (Å²) >= 11 is 11.5. The Morgan fingerprint density at radius 1 is 0.792 bits per heavy atom. The van der Waals surface area contributed by atoms with Gasteiger partial charge in [-0.25, -0.2) is 4.79 Å². The van der Waals surface area contributed by atoms with E-state index >= 15 is 0 Å². The number of nitro benzene ring substituents is 2. The first-order valence-corrected chi connectivity index (χ1v) is 6.98. The zero-order chi connectivity index (χ0) is 17.9. The fraction of sp³-hybridized carbons (Fsp3) is 0. The third-order valence-corrected chi connectivity index (χ3v) is 3.14. The fourth-order valence-corrected chi connectivity index (χ4v) is 2.26. The maximum atomic E-state index is 11.9. The molecule has 124 valence electrons. The maximum Gasteiger partial charge on any atom is 0.323 e. The molecule has 0 aliphatic carbocycles. The topological polar surface area (TPSA) is 127 Å². The number of anilines is 2. The van der Waals surface area contributed by atoms with E-state index in [0.717, 1.165) is 24.3 Å². The molecule has 0 radical (unpaired) electrons. The molecule has 2 N–H and O–H groups in total. The van der Waals surface area contributed by atoms with Crippen LogP contribution in [-0.2, 0) is 0 Å². The van der Waals surface area contributed by atoms with Crippen molar-refractivity contribution in [1.29, 1.82) is 0 Å². The van der Waals surface area contributed by atoms with E-state index in [4.69, 9.17) is 23.2 Å². The second-order valence-corrected chi connectivity index (χ2v) is 5.36. The number of carbonyl (C=O) groups excluding carboxylic acids is 1. The van der Waals surface area contributed by atoms with Crippen LogP contribution in [0.3, 0.4) is 0 Å². The highest BCUT2D eigenvalue weighted by atomic mass is 35.5. The standard InChI is InChI=1S/C13H8Cl2N4O5/c14-7-1-9(5-11(3-7)18(21)22)16-13(20)17-10-2-8(15)4-12(6-10)19(23)24/h1-6H,(H2,16,17,20). The number of urea groups is 1. The van der Waals surface area contributed by atoms with Gasteiger partial charge in [0.15, 0.2) is 0 Å². The van der Waals surface area contributed by atoms with Crippen molar-refractivity contribution < 1.29 is 14.6 Å². The van der Waals surface area contributed by atoms with Crippen molar-refractivity contribution in [3.05, 3.63) is 66.7 Å². The van der Waals surface area contributed by atoms with E-state index in [-0.39, 0.29) is 32.8 Å². The van der Waals surface area contributed by atoms with E-state index in [1.165, 1.54) is 12.1 Å². The van der Waals surface area contributed by atoms with E-state index in [2.05, 4.69) is 10.6 Å². The van der Waals surface area contributed by atoms with Crippen LogP contribution in [0.25, 0.3) is 0 Å². The normalized spacial score (nSPS) is 10.1. The van der Waals surface area contributed by atoms with Crippen LogP contribution >= 0.6 is 23.2 Å². The van der Waals surface area contributed by atoms with E-state index in [9.17, 15) is 25.0 Å². The van der Waals surface area contributed by atoms with Crippen molar-refractivity contribution in [3.8, 4) is 0 Å². The molecule has 0 atom stereocenters. The lowest BCUT2D eigenvalue weighted by molar-refractivity contribution is -0.385. The van der Waals surface area contributed by atoms with Gasteiger partial charge in [-0.2, -0.15) is 0 Å². The first-order valence-electron chi connectivity index (χ1n) is 6.22. The van der Waals surface area contributed by atoms with Crippen LogP contribution < -0.4 is 10.6 Å². The number of non-ortho nitro benzene ring substituents is 2. The van der Waals surface area contributed by atoms with Crippen LogP contribution in [0.15, 0.2) is 36.4 Å². The predicted octanol–water partition coefficient (Wildman–Crippen LogP) is 4.45. The molecule has 0 fully saturated rings. The number of nitrogens with zero attached hydrogens (tertiary/aromatic N) is 2. The fourth-order valence-electron chi connectivity index (χ4n) is 1.80. The largest absolute Gasteiger partial charge is 0.323 e. The molecular weight excluding hydrogens is 363 g/mol. The number of nitrogens with one attached hydrogen (secondary N) is 2. The van der Waals surface area contributed by atoms with Gasteiger partial charge in [-0.05, 0) is 12.1 Å². The van der Waals surface area contributed by atoms with E-state index < -0.39 is 15.9 Å². The molecular formula is C13H8Cl2N4O5. The van der Waals surface area contributed by atoms with Crippen molar-refractivity contribution in [2.45, 2.75) is 0 Å². The Labute approximate surface area is 144 Å². The lowest BCUT2D eigenvalue weighted by atomic mass is 10.2.